The van der Waals surface area contributed by atoms with E-state index in [0.717, 1.165) is 12.8 Å². The smallest absolute Gasteiger partial charge is 0.450 e. The average molecular weight is 283 g/mol. The molecule has 6 nitrogen and oxygen atoms in total. The monoisotopic (exact) mass is 282 g/mol. The van der Waals surface area contributed by atoms with Gasteiger partial charge in [-0.3, -0.25) is 0 Å². The highest BCUT2D eigenvalue weighted by atomic mass is 79.9. The third-order valence-electron chi connectivity index (χ3n) is 2.21. The zero-order valence-corrected chi connectivity index (χ0v) is 9.40. The van der Waals surface area contributed by atoms with Crippen LogP contribution in [0.3, 0.4) is 0 Å². The SMILES string of the molecule is O=C(O)OC1CCCCC1(Br)OC(=O)O. The number of hydrogen-bond acceptors (Lipinski definition) is 4. The van der Waals surface area contributed by atoms with Crippen molar-refractivity contribution in [3.05, 3.63) is 0 Å². The quantitative estimate of drug-likeness (QED) is 0.597. The van der Waals surface area contributed by atoms with Gasteiger partial charge >= 0.3 is 12.3 Å². The Morgan fingerprint density at radius 2 is 1.93 bits per heavy atom. The Labute approximate surface area is 94.3 Å². The Morgan fingerprint density at radius 3 is 2.47 bits per heavy atom. The Kier molecular flexibility index (Phi) is 3.78. The van der Waals surface area contributed by atoms with Gasteiger partial charge in [0, 0.05) is 6.42 Å². The summed E-state index contributed by atoms with van der Waals surface area (Å²) in [5.74, 6) is 0. The number of ether oxygens (including phenoxy) is 2. The lowest BCUT2D eigenvalue weighted by molar-refractivity contribution is -0.0724. The van der Waals surface area contributed by atoms with Gasteiger partial charge < -0.3 is 19.7 Å². The first kappa shape index (κ1) is 12.1. The van der Waals surface area contributed by atoms with Crippen molar-refractivity contribution in [2.75, 3.05) is 0 Å². The highest BCUT2D eigenvalue weighted by molar-refractivity contribution is 9.10. The maximum Gasteiger partial charge on any atom is 0.507 e. The van der Waals surface area contributed by atoms with Crippen LogP contribution in [0, 0.1) is 0 Å². The summed E-state index contributed by atoms with van der Waals surface area (Å²) < 4.78 is 7.99. The summed E-state index contributed by atoms with van der Waals surface area (Å²) in [5, 5.41) is 17.0. The van der Waals surface area contributed by atoms with Gasteiger partial charge in [-0.2, -0.15) is 0 Å². The molecule has 1 aliphatic rings. The van der Waals surface area contributed by atoms with Gasteiger partial charge in [-0.15, -0.1) is 0 Å². The summed E-state index contributed by atoms with van der Waals surface area (Å²) in [5.41, 5.74) is 0. The van der Waals surface area contributed by atoms with Crippen molar-refractivity contribution in [3.63, 3.8) is 0 Å². The molecule has 0 aromatic heterocycles. The predicted molar refractivity (Wildman–Crippen MR) is 52.1 cm³/mol. The molecule has 1 aliphatic carbocycles. The molecule has 1 rings (SSSR count). The predicted octanol–water partition coefficient (Wildman–Crippen LogP) is 2.41. The minimum absolute atomic E-state index is 0.400. The zero-order valence-electron chi connectivity index (χ0n) is 7.81. The second-order valence-electron chi connectivity index (χ2n) is 3.27. The van der Waals surface area contributed by atoms with E-state index >= 15 is 0 Å². The molecule has 0 radical (unpaired) electrons. The van der Waals surface area contributed by atoms with Gasteiger partial charge in [-0.1, -0.05) is 0 Å². The highest BCUT2D eigenvalue weighted by Gasteiger charge is 2.45. The van der Waals surface area contributed by atoms with Gasteiger partial charge in [0.25, 0.3) is 0 Å². The van der Waals surface area contributed by atoms with Crippen LogP contribution in [0.25, 0.3) is 0 Å². The Morgan fingerprint density at radius 1 is 1.27 bits per heavy atom. The maximum absolute atomic E-state index is 10.4. The van der Waals surface area contributed by atoms with Crippen molar-refractivity contribution in [2.45, 2.75) is 36.3 Å². The summed E-state index contributed by atoms with van der Waals surface area (Å²) in [4.78, 5) is 20.8. The van der Waals surface area contributed by atoms with Crippen molar-refractivity contribution in [1.82, 2.24) is 0 Å². The second kappa shape index (κ2) is 4.69. The minimum Gasteiger partial charge on any atom is -0.450 e. The fraction of sp³-hybridized carbons (Fsp3) is 0.750. The van der Waals surface area contributed by atoms with E-state index in [1.807, 2.05) is 0 Å². The molecule has 0 saturated heterocycles. The molecule has 2 atom stereocenters. The number of rotatable bonds is 2. The van der Waals surface area contributed by atoms with Crippen molar-refractivity contribution >= 4 is 28.2 Å². The van der Waals surface area contributed by atoms with E-state index in [4.69, 9.17) is 10.2 Å². The van der Waals surface area contributed by atoms with E-state index in [2.05, 4.69) is 25.4 Å². The molecule has 0 aromatic rings. The van der Waals surface area contributed by atoms with Crippen LogP contribution in [0.5, 0.6) is 0 Å². The average Bonchev–Trinajstić information content (AvgIpc) is 2.07. The molecule has 7 heteroatoms. The molecule has 2 unspecified atom stereocenters. The number of carbonyl (C=O) groups is 2. The molecule has 1 saturated carbocycles. The molecule has 0 heterocycles. The van der Waals surface area contributed by atoms with E-state index in [1.54, 1.807) is 0 Å². The van der Waals surface area contributed by atoms with E-state index < -0.39 is 22.9 Å². The molecule has 15 heavy (non-hydrogen) atoms. The van der Waals surface area contributed by atoms with Gasteiger partial charge in [-0.25, -0.2) is 9.59 Å². The molecule has 86 valence electrons. The molecule has 0 aliphatic heterocycles. The first-order valence-corrected chi connectivity index (χ1v) is 5.24. The lowest BCUT2D eigenvalue weighted by Gasteiger charge is -2.36. The summed E-state index contributed by atoms with van der Waals surface area (Å²) >= 11 is 3.10. The molecular formula is C8H11BrO6. The number of halogens is 1. The van der Waals surface area contributed by atoms with Gasteiger partial charge in [0.2, 0.25) is 4.51 Å². The maximum atomic E-state index is 10.4. The van der Waals surface area contributed by atoms with Crippen LogP contribution >= 0.6 is 15.9 Å². The van der Waals surface area contributed by atoms with Crippen LogP contribution in [-0.2, 0) is 9.47 Å². The van der Waals surface area contributed by atoms with Crippen molar-refractivity contribution in [1.29, 1.82) is 0 Å². The van der Waals surface area contributed by atoms with E-state index in [9.17, 15) is 9.59 Å². The summed E-state index contributed by atoms with van der Waals surface area (Å²) in [6.07, 6.45) is -1.28. The number of carboxylic acid groups (broad SMARTS) is 2. The van der Waals surface area contributed by atoms with E-state index in [1.165, 1.54) is 0 Å². The molecule has 0 amide bonds. The van der Waals surface area contributed by atoms with Gasteiger partial charge in [0.1, 0.15) is 0 Å². The van der Waals surface area contributed by atoms with Crippen molar-refractivity contribution in [2.24, 2.45) is 0 Å². The third kappa shape index (κ3) is 3.26. The number of hydrogen-bond donors (Lipinski definition) is 2. The van der Waals surface area contributed by atoms with Crippen LogP contribution in [-0.4, -0.2) is 33.1 Å². The topological polar surface area (TPSA) is 93.1 Å². The molecule has 0 aromatic carbocycles. The van der Waals surface area contributed by atoms with Crippen molar-refractivity contribution < 1.29 is 29.3 Å². The fourth-order valence-corrected chi connectivity index (χ4v) is 2.34. The number of alkyl halides is 1. The Balaban J connectivity index is 2.71. The van der Waals surface area contributed by atoms with Crippen LogP contribution in [0.4, 0.5) is 9.59 Å². The van der Waals surface area contributed by atoms with Crippen LogP contribution in [0.15, 0.2) is 0 Å². The van der Waals surface area contributed by atoms with Crippen LogP contribution < -0.4 is 0 Å². The first-order chi connectivity index (χ1) is 6.94. The normalized spacial score (nSPS) is 30.6. The molecular weight excluding hydrogens is 272 g/mol. The van der Waals surface area contributed by atoms with E-state index in [0.29, 0.717) is 12.8 Å². The summed E-state index contributed by atoms with van der Waals surface area (Å²) in [6.45, 7) is 0. The van der Waals surface area contributed by atoms with Crippen molar-refractivity contribution in [3.8, 4) is 0 Å². The van der Waals surface area contributed by atoms with Crippen LogP contribution in [0.2, 0.25) is 0 Å². The Hall–Kier alpha value is -0.980. The Bertz CT molecular complexity index is 268. The van der Waals surface area contributed by atoms with E-state index in [-0.39, 0.29) is 0 Å². The molecule has 0 bridgehead atoms. The van der Waals surface area contributed by atoms with Gasteiger partial charge in [0.15, 0.2) is 6.10 Å². The molecule has 1 fully saturated rings. The third-order valence-corrected chi connectivity index (χ3v) is 3.28. The highest BCUT2D eigenvalue weighted by Crippen LogP contribution is 2.39. The summed E-state index contributed by atoms with van der Waals surface area (Å²) in [7, 11) is 0. The summed E-state index contributed by atoms with van der Waals surface area (Å²) in [6, 6.07) is 0. The second-order valence-corrected chi connectivity index (χ2v) is 4.61. The minimum atomic E-state index is -1.45. The van der Waals surface area contributed by atoms with Crippen LogP contribution in [0.1, 0.15) is 25.7 Å². The standard InChI is InChI=1S/C8H11BrO6/c9-8(15-7(12)13)4-2-1-3-5(8)14-6(10)11/h5H,1-4H2,(H,10,11)(H,12,13). The largest absolute Gasteiger partial charge is 0.507 e. The first-order valence-electron chi connectivity index (χ1n) is 4.44. The lowest BCUT2D eigenvalue weighted by atomic mass is 9.94. The molecule has 0 spiro atoms. The fourth-order valence-electron chi connectivity index (χ4n) is 1.60. The lowest BCUT2D eigenvalue weighted by Crippen LogP contribution is -2.45. The zero-order chi connectivity index (χ0) is 11.5. The van der Waals surface area contributed by atoms with Gasteiger partial charge in [0.05, 0.1) is 0 Å². The molecule has 2 N–H and O–H groups in total. The van der Waals surface area contributed by atoms with Gasteiger partial charge in [-0.05, 0) is 35.2 Å².